The van der Waals surface area contributed by atoms with Crippen molar-refractivity contribution in [1.29, 1.82) is 0 Å². The molecule has 2 aliphatic carbocycles. The molecule has 0 aromatic heterocycles. The van der Waals surface area contributed by atoms with Crippen molar-refractivity contribution in [1.82, 2.24) is 4.90 Å². The van der Waals surface area contributed by atoms with Gasteiger partial charge in [-0.25, -0.2) is 0 Å². The Hall–Kier alpha value is -1.35. The molecule has 1 heterocycles. The fourth-order valence-corrected chi connectivity index (χ4v) is 6.86. The van der Waals surface area contributed by atoms with Crippen molar-refractivity contribution in [3.8, 4) is 0 Å². The molecule has 0 unspecified atom stereocenters. The second-order valence-corrected chi connectivity index (χ2v) is 11.0. The SMILES string of the molecule is CCCCN=C1SC2=C(/C1=C(/C)OC1CCC(N(CCOC)CCOC)CC1)[C@@H](CC(N)=O)CC2. The second-order valence-electron chi connectivity index (χ2n) is 9.89. The average Bonchev–Trinajstić information content (AvgIpc) is 3.39. The largest absolute Gasteiger partial charge is 0.494 e. The number of amides is 1. The van der Waals surface area contributed by atoms with Gasteiger partial charge in [-0.1, -0.05) is 25.1 Å². The maximum atomic E-state index is 11.7. The van der Waals surface area contributed by atoms with Gasteiger partial charge in [-0.2, -0.15) is 0 Å². The first-order chi connectivity index (χ1) is 17.0. The summed E-state index contributed by atoms with van der Waals surface area (Å²) in [5.74, 6) is 0.925. The Labute approximate surface area is 215 Å². The monoisotopic (exact) mass is 507 g/mol. The summed E-state index contributed by atoms with van der Waals surface area (Å²) in [6.45, 7) is 8.48. The quantitative estimate of drug-likeness (QED) is 0.272. The highest BCUT2D eigenvalue weighted by molar-refractivity contribution is 8.18. The highest BCUT2D eigenvalue weighted by atomic mass is 32.2. The molecule has 0 spiro atoms. The molecular weight excluding hydrogens is 462 g/mol. The van der Waals surface area contributed by atoms with Gasteiger partial charge in [-0.05, 0) is 68.3 Å². The van der Waals surface area contributed by atoms with Crippen molar-refractivity contribution in [2.45, 2.75) is 83.8 Å². The van der Waals surface area contributed by atoms with E-state index in [1.807, 2.05) is 0 Å². The maximum Gasteiger partial charge on any atom is 0.218 e. The van der Waals surface area contributed by atoms with E-state index in [9.17, 15) is 4.79 Å². The molecule has 35 heavy (non-hydrogen) atoms. The van der Waals surface area contributed by atoms with Gasteiger partial charge in [0.2, 0.25) is 5.91 Å². The number of nitrogens with two attached hydrogens (primary N) is 1. The Balaban J connectivity index is 1.70. The molecule has 3 rings (SSSR count). The summed E-state index contributed by atoms with van der Waals surface area (Å²) in [6, 6.07) is 0.547. The fourth-order valence-electron chi connectivity index (χ4n) is 5.51. The van der Waals surface area contributed by atoms with Crippen LogP contribution in [0.5, 0.6) is 0 Å². The van der Waals surface area contributed by atoms with Crippen LogP contribution < -0.4 is 5.73 Å². The van der Waals surface area contributed by atoms with Crippen LogP contribution in [0.2, 0.25) is 0 Å². The lowest BCUT2D eigenvalue weighted by Crippen LogP contribution is -2.42. The highest BCUT2D eigenvalue weighted by Crippen LogP contribution is 2.52. The minimum atomic E-state index is -0.229. The maximum absolute atomic E-state index is 11.7. The number of aliphatic imine (C=N–C) groups is 1. The van der Waals surface area contributed by atoms with Crippen LogP contribution in [-0.2, 0) is 19.0 Å². The minimum absolute atomic E-state index is 0.188. The topological polar surface area (TPSA) is 86.4 Å². The van der Waals surface area contributed by atoms with E-state index in [1.54, 1.807) is 26.0 Å². The number of methoxy groups -OCH3 is 2. The molecule has 1 amide bonds. The third-order valence-corrected chi connectivity index (χ3v) is 8.56. The predicted octanol–water partition coefficient (Wildman–Crippen LogP) is 4.67. The number of ether oxygens (including phenoxy) is 3. The molecule has 2 N–H and O–H groups in total. The van der Waals surface area contributed by atoms with Crippen LogP contribution in [0.15, 0.2) is 26.8 Å². The van der Waals surface area contributed by atoms with E-state index in [-0.39, 0.29) is 17.9 Å². The molecule has 0 saturated heterocycles. The molecule has 0 radical (unpaired) electrons. The van der Waals surface area contributed by atoms with Gasteiger partial charge in [0.05, 0.1) is 19.3 Å². The molecule has 1 fully saturated rings. The van der Waals surface area contributed by atoms with Gasteiger partial charge >= 0.3 is 0 Å². The Bertz CT molecular complexity index is 794. The normalized spacial score (nSPS) is 27.1. The number of nitrogens with zero attached hydrogens (tertiary/aromatic N) is 2. The van der Waals surface area contributed by atoms with E-state index >= 15 is 0 Å². The summed E-state index contributed by atoms with van der Waals surface area (Å²) in [5.41, 5.74) is 8.02. The molecule has 3 aliphatic rings. The van der Waals surface area contributed by atoms with E-state index in [0.717, 1.165) is 101 Å². The summed E-state index contributed by atoms with van der Waals surface area (Å²) in [7, 11) is 3.52. The molecule has 1 aliphatic heterocycles. The van der Waals surface area contributed by atoms with Crippen molar-refractivity contribution in [2.75, 3.05) is 47.1 Å². The third kappa shape index (κ3) is 7.81. The molecule has 0 bridgehead atoms. The molecule has 0 aromatic carbocycles. The van der Waals surface area contributed by atoms with Crippen LogP contribution in [0.25, 0.3) is 0 Å². The lowest BCUT2D eigenvalue weighted by molar-refractivity contribution is -0.118. The number of allylic oxidation sites excluding steroid dienone is 3. The van der Waals surface area contributed by atoms with Gasteiger partial charge in [0.25, 0.3) is 0 Å². The average molecular weight is 508 g/mol. The molecule has 1 atom stereocenters. The van der Waals surface area contributed by atoms with Crippen molar-refractivity contribution < 1.29 is 19.0 Å². The molecule has 7 nitrogen and oxygen atoms in total. The number of rotatable bonds is 14. The van der Waals surface area contributed by atoms with Gasteiger partial charge < -0.3 is 19.9 Å². The van der Waals surface area contributed by atoms with Crippen molar-refractivity contribution in [3.05, 3.63) is 21.8 Å². The van der Waals surface area contributed by atoms with E-state index in [4.69, 9.17) is 24.9 Å². The standard InChI is InChI=1S/C27H45N3O4S/c1-5-6-13-29-27-25(26-20(18-24(28)31)7-12-23(26)35-27)19(2)34-22-10-8-21(9-11-22)30(14-16-32-3)15-17-33-4/h20-22H,5-18H2,1-4H3,(H2,28,31)/b25-19+,29-27?/t20-,21?,22?/m1/s1. The molecule has 0 aromatic rings. The Kier molecular flexibility index (Phi) is 11.6. The number of thioether (sulfide) groups is 1. The van der Waals surface area contributed by atoms with Crippen LogP contribution >= 0.6 is 11.8 Å². The predicted molar refractivity (Wildman–Crippen MR) is 144 cm³/mol. The zero-order chi connectivity index (χ0) is 25.2. The zero-order valence-corrected chi connectivity index (χ0v) is 23.0. The Morgan fingerprint density at radius 3 is 2.40 bits per heavy atom. The van der Waals surface area contributed by atoms with Crippen molar-refractivity contribution >= 4 is 22.7 Å². The van der Waals surface area contributed by atoms with Gasteiger partial charge in [0, 0.05) is 51.9 Å². The number of carbonyl (C=O) groups is 1. The summed E-state index contributed by atoms with van der Waals surface area (Å²) in [4.78, 5) is 20.6. The first-order valence-corrected chi connectivity index (χ1v) is 14.1. The first-order valence-electron chi connectivity index (χ1n) is 13.3. The smallest absolute Gasteiger partial charge is 0.218 e. The van der Waals surface area contributed by atoms with Crippen LogP contribution in [0.3, 0.4) is 0 Å². The molecule has 198 valence electrons. The number of carbonyl (C=O) groups excluding carboxylic acids is 1. The minimum Gasteiger partial charge on any atom is -0.494 e. The van der Waals surface area contributed by atoms with Crippen molar-refractivity contribution in [3.63, 3.8) is 0 Å². The summed E-state index contributed by atoms with van der Waals surface area (Å²) in [5, 5.41) is 1.08. The van der Waals surface area contributed by atoms with E-state index in [1.165, 1.54) is 10.5 Å². The van der Waals surface area contributed by atoms with E-state index < -0.39 is 0 Å². The molecule has 1 saturated carbocycles. The van der Waals surface area contributed by atoms with Gasteiger partial charge in [-0.3, -0.25) is 14.7 Å². The zero-order valence-electron chi connectivity index (χ0n) is 22.1. The number of hydrogen-bond donors (Lipinski definition) is 1. The van der Waals surface area contributed by atoms with E-state index in [0.29, 0.717) is 12.5 Å². The van der Waals surface area contributed by atoms with E-state index in [2.05, 4.69) is 18.7 Å². The first kappa shape index (κ1) is 28.2. The van der Waals surface area contributed by atoms with Crippen LogP contribution in [0, 0.1) is 5.92 Å². The summed E-state index contributed by atoms with van der Waals surface area (Å²) < 4.78 is 17.3. The number of primary amides is 1. The lowest BCUT2D eigenvalue weighted by atomic mass is 9.90. The highest BCUT2D eigenvalue weighted by Gasteiger charge is 2.39. The summed E-state index contributed by atoms with van der Waals surface area (Å²) >= 11 is 1.79. The Morgan fingerprint density at radius 1 is 1.11 bits per heavy atom. The third-order valence-electron chi connectivity index (χ3n) is 7.37. The lowest BCUT2D eigenvalue weighted by Gasteiger charge is -2.37. The molecule has 8 heteroatoms. The van der Waals surface area contributed by atoms with Gasteiger partial charge in [0.1, 0.15) is 10.8 Å². The fraction of sp³-hybridized carbons (Fsp3) is 0.778. The van der Waals surface area contributed by atoms with Crippen LogP contribution in [-0.4, -0.2) is 75.1 Å². The summed E-state index contributed by atoms with van der Waals surface area (Å²) in [6.07, 6.45) is 9.14. The van der Waals surface area contributed by atoms with Crippen LogP contribution in [0.4, 0.5) is 0 Å². The second kappa shape index (κ2) is 14.4. The number of hydrogen-bond acceptors (Lipinski definition) is 7. The van der Waals surface area contributed by atoms with Gasteiger partial charge in [-0.15, -0.1) is 0 Å². The van der Waals surface area contributed by atoms with Gasteiger partial charge in [0.15, 0.2) is 0 Å². The molecular formula is C27H45N3O4S. The number of unbranched alkanes of at least 4 members (excludes halogenated alkanes) is 1. The van der Waals surface area contributed by atoms with Crippen molar-refractivity contribution in [2.24, 2.45) is 16.6 Å². The van der Waals surface area contributed by atoms with Crippen LogP contribution in [0.1, 0.15) is 71.6 Å². The Morgan fingerprint density at radius 2 is 1.80 bits per heavy atom.